The highest BCUT2D eigenvalue weighted by molar-refractivity contribution is 5.14. The van der Waals surface area contributed by atoms with E-state index < -0.39 is 0 Å². The van der Waals surface area contributed by atoms with Crippen LogP contribution in [-0.2, 0) is 11.3 Å². The highest BCUT2D eigenvalue weighted by Crippen LogP contribution is 2.30. The molecule has 1 saturated carbocycles. The van der Waals surface area contributed by atoms with Crippen LogP contribution in [0.25, 0.3) is 0 Å². The van der Waals surface area contributed by atoms with Gasteiger partial charge in [-0.15, -0.1) is 0 Å². The molecule has 2 aromatic heterocycles. The molecule has 5 nitrogen and oxygen atoms in total. The quantitative estimate of drug-likeness (QED) is 0.854. The molecule has 2 aromatic rings. The van der Waals surface area contributed by atoms with Gasteiger partial charge in [0.1, 0.15) is 5.82 Å². The Morgan fingerprint density at radius 3 is 2.68 bits per heavy atom. The minimum Gasteiger partial charge on any atom is -0.371 e. The average molecular weight is 338 g/mol. The lowest BCUT2D eigenvalue weighted by molar-refractivity contribution is -0.0331. The molecule has 0 N–H and O–H groups in total. The Kier molecular flexibility index (Phi) is 5.33. The Morgan fingerprint density at radius 2 is 1.92 bits per heavy atom. The molecule has 0 unspecified atom stereocenters. The Balaban J connectivity index is 1.36. The van der Waals surface area contributed by atoms with Gasteiger partial charge in [0, 0.05) is 61.5 Å². The number of morpholine rings is 1. The molecular formula is C20H26N4O. The summed E-state index contributed by atoms with van der Waals surface area (Å²) in [5.74, 6) is 1.61. The smallest absolute Gasteiger partial charge is 0.131 e. The maximum Gasteiger partial charge on any atom is 0.131 e. The first-order chi connectivity index (χ1) is 12.4. The molecule has 0 amide bonds. The van der Waals surface area contributed by atoms with Crippen LogP contribution in [0.4, 0.5) is 0 Å². The molecule has 2 aliphatic rings. The molecule has 5 heteroatoms. The van der Waals surface area contributed by atoms with Gasteiger partial charge in [-0.25, -0.2) is 9.97 Å². The van der Waals surface area contributed by atoms with Crippen molar-refractivity contribution >= 4 is 0 Å². The summed E-state index contributed by atoms with van der Waals surface area (Å²) in [7, 11) is 0. The SMILES string of the molecule is c1cncc([C@H]2CN(Cc3cnc(C4CCCCC4)nc3)CCO2)c1. The second-order valence-corrected chi connectivity index (χ2v) is 7.17. The highest BCUT2D eigenvalue weighted by Gasteiger charge is 2.23. The molecule has 25 heavy (non-hydrogen) atoms. The summed E-state index contributed by atoms with van der Waals surface area (Å²) in [5.41, 5.74) is 2.34. The molecule has 1 aliphatic heterocycles. The minimum atomic E-state index is 0.102. The average Bonchev–Trinajstić information content (AvgIpc) is 2.70. The van der Waals surface area contributed by atoms with E-state index in [1.165, 1.54) is 37.7 Å². The van der Waals surface area contributed by atoms with Gasteiger partial charge in [0.2, 0.25) is 0 Å². The zero-order chi connectivity index (χ0) is 16.9. The van der Waals surface area contributed by atoms with Gasteiger partial charge in [-0.3, -0.25) is 9.88 Å². The van der Waals surface area contributed by atoms with Crippen molar-refractivity contribution in [1.29, 1.82) is 0 Å². The number of aromatic nitrogens is 3. The Bertz CT molecular complexity index is 655. The summed E-state index contributed by atoms with van der Waals surface area (Å²) in [4.78, 5) is 16.0. The molecule has 1 atom stereocenters. The van der Waals surface area contributed by atoms with E-state index in [-0.39, 0.29) is 6.10 Å². The van der Waals surface area contributed by atoms with Crippen molar-refractivity contribution < 1.29 is 4.74 Å². The number of pyridine rings is 1. The minimum absolute atomic E-state index is 0.102. The zero-order valence-corrected chi connectivity index (χ0v) is 14.7. The lowest BCUT2D eigenvalue weighted by atomic mass is 9.89. The first kappa shape index (κ1) is 16.6. The third-order valence-corrected chi connectivity index (χ3v) is 5.31. The maximum absolute atomic E-state index is 5.92. The number of ether oxygens (including phenoxy) is 1. The molecule has 1 saturated heterocycles. The zero-order valence-electron chi connectivity index (χ0n) is 14.7. The van der Waals surface area contributed by atoms with Gasteiger partial charge < -0.3 is 4.74 Å². The molecule has 2 fully saturated rings. The summed E-state index contributed by atoms with van der Waals surface area (Å²) in [6.07, 6.45) is 14.3. The van der Waals surface area contributed by atoms with Gasteiger partial charge in [0.05, 0.1) is 12.7 Å². The second kappa shape index (κ2) is 8.02. The molecule has 132 valence electrons. The first-order valence-electron chi connectivity index (χ1n) is 9.43. The van der Waals surface area contributed by atoms with E-state index in [0.717, 1.165) is 37.6 Å². The van der Waals surface area contributed by atoms with E-state index in [1.807, 2.05) is 24.7 Å². The molecule has 0 bridgehead atoms. The standard InChI is InChI=1S/C20H26N4O/c1-2-5-17(6-3-1)20-22-11-16(12-23-20)14-24-9-10-25-19(15-24)18-7-4-8-21-13-18/h4,7-8,11-13,17,19H,1-3,5-6,9-10,14-15H2/t19-/m1/s1. The van der Waals surface area contributed by atoms with Gasteiger partial charge in [-0.2, -0.15) is 0 Å². The van der Waals surface area contributed by atoms with E-state index in [2.05, 4.69) is 25.9 Å². The molecular weight excluding hydrogens is 312 g/mol. The van der Waals surface area contributed by atoms with Gasteiger partial charge in [0.25, 0.3) is 0 Å². The van der Waals surface area contributed by atoms with E-state index in [1.54, 1.807) is 6.20 Å². The fraction of sp³-hybridized carbons (Fsp3) is 0.550. The van der Waals surface area contributed by atoms with E-state index >= 15 is 0 Å². The monoisotopic (exact) mass is 338 g/mol. The number of nitrogens with zero attached hydrogens (tertiary/aromatic N) is 4. The second-order valence-electron chi connectivity index (χ2n) is 7.17. The van der Waals surface area contributed by atoms with Crippen LogP contribution in [0.15, 0.2) is 36.9 Å². The fourth-order valence-corrected chi connectivity index (χ4v) is 3.89. The van der Waals surface area contributed by atoms with Crippen molar-refractivity contribution in [3.05, 3.63) is 53.9 Å². The molecule has 0 aromatic carbocycles. The topological polar surface area (TPSA) is 51.1 Å². The molecule has 1 aliphatic carbocycles. The number of hydrogen-bond acceptors (Lipinski definition) is 5. The van der Waals surface area contributed by atoms with Crippen LogP contribution in [0.3, 0.4) is 0 Å². The van der Waals surface area contributed by atoms with Crippen molar-refractivity contribution in [3.8, 4) is 0 Å². The van der Waals surface area contributed by atoms with Crippen LogP contribution in [0.2, 0.25) is 0 Å². The Labute approximate surface area is 149 Å². The summed E-state index contributed by atoms with van der Waals surface area (Å²) in [5, 5.41) is 0. The Hall–Kier alpha value is -1.85. The lowest BCUT2D eigenvalue weighted by Crippen LogP contribution is -2.37. The fourth-order valence-electron chi connectivity index (χ4n) is 3.89. The van der Waals surface area contributed by atoms with E-state index in [9.17, 15) is 0 Å². The molecule has 3 heterocycles. The van der Waals surface area contributed by atoms with Crippen LogP contribution >= 0.6 is 0 Å². The third-order valence-electron chi connectivity index (χ3n) is 5.31. The number of hydrogen-bond donors (Lipinski definition) is 0. The molecule has 4 rings (SSSR count). The van der Waals surface area contributed by atoms with Gasteiger partial charge in [-0.1, -0.05) is 25.3 Å². The van der Waals surface area contributed by atoms with E-state index in [0.29, 0.717) is 5.92 Å². The highest BCUT2D eigenvalue weighted by atomic mass is 16.5. The van der Waals surface area contributed by atoms with Crippen LogP contribution < -0.4 is 0 Å². The van der Waals surface area contributed by atoms with Crippen LogP contribution in [0, 0.1) is 0 Å². The van der Waals surface area contributed by atoms with Gasteiger partial charge >= 0.3 is 0 Å². The van der Waals surface area contributed by atoms with E-state index in [4.69, 9.17) is 4.74 Å². The molecule has 0 radical (unpaired) electrons. The summed E-state index contributed by atoms with van der Waals surface area (Å²) < 4.78 is 5.92. The van der Waals surface area contributed by atoms with Crippen LogP contribution in [0.1, 0.15) is 61.1 Å². The summed E-state index contributed by atoms with van der Waals surface area (Å²) >= 11 is 0. The van der Waals surface area contributed by atoms with Crippen molar-refractivity contribution in [1.82, 2.24) is 19.9 Å². The Morgan fingerprint density at radius 1 is 1.08 bits per heavy atom. The van der Waals surface area contributed by atoms with Crippen LogP contribution in [0.5, 0.6) is 0 Å². The van der Waals surface area contributed by atoms with Crippen molar-refractivity contribution in [2.45, 2.75) is 50.7 Å². The largest absolute Gasteiger partial charge is 0.371 e. The lowest BCUT2D eigenvalue weighted by Gasteiger charge is -2.33. The van der Waals surface area contributed by atoms with Crippen LogP contribution in [-0.4, -0.2) is 39.5 Å². The van der Waals surface area contributed by atoms with Crippen molar-refractivity contribution in [3.63, 3.8) is 0 Å². The maximum atomic E-state index is 5.92. The van der Waals surface area contributed by atoms with Gasteiger partial charge in [0.15, 0.2) is 0 Å². The number of rotatable bonds is 4. The normalized spacial score (nSPS) is 22.8. The van der Waals surface area contributed by atoms with Gasteiger partial charge in [-0.05, 0) is 18.9 Å². The predicted octanol–water partition coefficient (Wildman–Crippen LogP) is 3.49. The third kappa shape index (κ3) is 4.22. The first-order valence-corrected chi connectivity index (χ1v) is 9.43. The summed E-state index contributed by atoms with van der Waals surface area (Å²) in [6, 6.07) is 4.05. The molecule has 0 spiro atoms. The van der Waals surface area contributed by atoms with Crippen molar-refractivity contribution in [2.75, 3.05) is 19.7 Å². The van der Waals surface area contributed by atoms with Crippen molar-refractivity contribution in [2.24, 2.45) is 0 Å². The summed E-state index contributed by atoms with van der Waals surface area (Å²) in [6.45, 7) is 3.46. The predicted molar refractivity (Wildman–Crippen MR) is 96.1 cm³/mol.